The summed E-state index contributed by atoms with van der Waals surface area (Å²) in [6.07, 6.45) is 2.51. The lowest BCUT2D eigenvalue weighted by molar-refractivity contribution is -0.123. The van der Waals surface area contributed by atoms with Crippen molar-refractivity contribution in [2.75, 3.05) is 13.2 Å². The second-order valence-corrected chi connectivity index (χ2v) is 11.6. The molecule has 0 heterocycles. The molecule has 1 amide bonds. The first kappa shape index (κ1) is 30.7. The highest BCUT2D eigenvalue weighted by molar-refractivity contribution is 6.33. The fraction of sp³-hybridized carbons (Fsp3) is 0.344. The summed E-state index contributed by atoms with van der Waals surface area (Å²) in [7, 11) is 0. The van der Waals surface area contributed by atoms with Crippen LogP contribution < -0.4 is 19.6 Å². The number of hydrogen-bond donors (Lipinski definition) is 1. The molecule has 0 atom stereocenters. The highest BCUT2D eigenvalue weighted by Gasteiger charge is 2.27. The van der Waals surface area contributed by atoms with Gasteiger partial charge in [-0.3, -0.25) is 4.79 Å². The van der Waals surface area contributed by atoms with E-state index in [4.69, 9.17) is 25.8 Å². The molecule has 7 nitrogen and oxygen atoms in total. The Bertz CT molecular complexity index is 1340. The molecule has 0 unspecified atom stereocenters. The molecule has 3 aromatic rings. The van der Waals surface area contributed by atoms with Crippen molar-refractivity contribution in [2.24, 2.45) is 10.5 Å². The van der Waals surface area contributed by atoms with Gasteiger partial charge in [-0.2, -0.15) is 5.10 Å². The lowest BCUT2D eigenvalue weighted by Crippen LogP contribution is -2.25. The van der Waals surface area contributed by atoms with E-state index >= 15 is 0 Å². The fourth-order valence-corrected chi connectivity index (χ4v) is 4.74. The molecule has 0 aliphatic carbocycles. The van der Waals surface area contributed by atoms with Crippen LogP contribution in [-0.2, 0) is 10.2 Å². The third-order valence-corrected chi connectivity index (χ3v) is 6.27. The molecule has 3 aromatic carbocycles. The van der Waals surface area contributed by atoms with Crippen molar-refractivity contribution < 1.29 is 23.8 Å². The highest BCUT2D eigenvalue weighted by atomic mass is 35.5. The molecule has 0 bridgehead atoms. The van der Waals surface area contributed by atoms with Gasteiger partial charge >= 0.3 is 5.97 Å². The minimum atomic E-state index is -0.594. The van der Waals surface area contributed by atoms with Crippen LogP contribution in [0.3, 0.4) is 0 Å². The first-order valence-electron chi connectivity index (χ1n) is 13.2. The van der Waals surface area contributed by atoms with E-state index in [-0.39, 0.29) is 28.7 Å². The topological polar surface area (TPSA) is 86.2 Å². The van der Waals surface area contributed by atoms with Gasteiger partial charge in [-0.05, 0) is 77.8 Å². The number of carbonyl (C=O) groups is 2. The number of rotatable bonds is 11. The van der Waals surface area contributed by atoms with Gasteiger partial charge in [0.2, 0.25) is 0 Å². The summed E-state index contributed by atoms with van der Waals surface area (Å²) in [5, 5.41) is 4.30. The molecule has 3 rings (SSSR count). The molecule has 8 heteroatoms. The Hall–Kier alpha value is -3.84. The molecule has 1 N–H and O–H groups in total. The van der Waals surface area contributed by atoms with Gasteiger partial charge in [-0.25, -0.2) is 10.2 Å². The van der Waals surface area contributed by atoms with Crippen molar-refractivity contribution in [3.63, 3.8) is 0 Å². The monoisotopic (exact) mass is 564 g/mol. The smallest absolute Gasteiger partial charge is 0.345 e. The van der Waals surface area contributed by atoms with Crippen molar-refractivity contribution in [1.29, 1.82) is 0 Å². The summed E-state index contributed by atoms with van der Waals surface area (Å²) >= 11 is 6.10. The quantitative estimate of drug-likeness (QED) is 0.115. The molecule has 0 aliphatic rings. The zero-order valence-corrected chi connectivity index (χ0v) is 24.7. The zero-order chi connectivity index (χ0) is 29.3. The maximum Gasteiger partial charge on any atom is 0.345 e. The van der Waals surface area contributed by atoms with Gasteiger partial charge in [0.1, 0.15) is 5.75 Å². The van der Waals surface area contributed by atoms with Gasteiger partial charge in [0.15, 0.2) is 18.1 Å². The number of benzene rings is 3. The minimum Gasteiger partial charge on any atom is -0.490 e. The number of halogens is 1. The number of ether oxygens (including phenoxy) is 3. The molecule has 0 spiro atoms. The first-order valence-corrected chi connectivity index (χ1v) is 13.5. The maximum atomic E-state index is 12.5. The maximum absolute atomic E-state index is 12.5. The Morgan fingerprint density at radius 2 is 1.62 bits per heavy atom. The Balaban J connectivity index is 1.55. The Morgan fingerprint density at radius 1 is 0.925 bits per heavy atom. The number of esters is 1. The molecular formula is C32H37ClN2O5. The van der Waals surface area contributed by atoms with Crippen molar-refractivity contribution in [2.45, 2.75) is 53.4 Å². The SMILES string of the molecule is CCOc1cc(/C=N/NC(=O)COc2ccc(C(C)(C)CC(C)(C)C)cc2)ccc1OC(=O)c1ccccc1Cl. The molecular weight excluding hydrogens is 528 g/mol. The molecule has 212 valence electrons. The number of nitrogens with zero attached hydrogens (tertiary/aromatic N) is 1. The van der Waals surface area contributed by atoms with Crippen LogP contribution in [0.25, 0.3) is 0 Å². The van der Waals surface area contributed by atoms with Crippen LogP contribution in [0.4, 0.5) is 0 Å². The van der Waals surface area contributed by atoms with E-state index in [0.29, 0.717) is 28.7 Å². The normalized spacial score (nSPS) is 11.8. The van der Waals surface area contributed by atoms with Gasteiger partial charge in [-0.15, -0.1) is 0 Å². The van der Waals surface area contributed by atoms with Gasteiger partial charge in [0.25, 0.3) is 5.91 Å². The molecule has 40 heavy (non-hydrogen) atoms. The summed E-state index contributed by atoms with van der Waals surface area (Å²) < 4.78 is 16.8. The molecule has 0 saturated heterocycles. The van der Waals surface area contributed by atoms with Gasteiger partial charge in [0, 0.05) is 0 Å². The van der Waals surface area contributed by atoms with Gasteiger partial charge < -0.3 is 14.2 Å². The lowest BCUT2D eigenvalue weighted by Gasteiger charge is -2.33. The summed E-state index contributed by atoms with van der Waals surface area (Å²) in [5.41, 5.74) is 4.81. The highest BCUT2D eigenvalue weighted by Crippen LogP contribution is 2.36. The van der Waals surface area contributed by atoms with E-state index in [2.05, 4.69) is 45.1 Å². The Labute approximate surface area is 241 Å². The van der Waals surface area contributed by atoms with Crippen molar-refractivity contribution in [1.82, 2.24) is 5.43 Å². The summed E-state index contributed by atoms with van der Waals surface area (Å²) in [5.74, 6) is 0.217. The predicted molar refractivity (Wildman–Crippen MR) is 159 cm³/mol. The van der Waals surface area contributed by atoms with Crippen LogP contribution in [0.2, 0.25) is 5.02 Å². The Morgan fingerprint density at radius 3 is 2.27 bits per heavy atom. The lowest BCUT2D eigenvalue weighted by atomic mass is 9.72. The first-order chi connectivity index (χ1) is 18.9. The minimum absolute atomic E-state index is 0.0282. The second-order valence-electron chi connectivity index (χ2n) is 11.2. The molecule has 0 aliphatic heterocycles. The summed E-state index contributed by atoms with van der Waals surface area (Å²) in [6.45, 7) is 13.2. The molecule has 0 fully saturated rings. The van der Waals surface area contributed by atoms with Crippen LogP contribution in [0.5, 0.6) is 17.2 Å². The number of nitrogens with one attached hydrogen (secondary N) is 1. The summed E-state index contributed by atoms with van der Waals surface area (Å²) in [4.78, 5) is 24.8. The van der Waals surface area contributed by atoms with E-state index in [1.807, 2.05) is 31.2 Å². The van der Waals surface area contributed by atoms with Gasteiger partial charge in [-0.1, -0.05) is 70.5 Å². The van der Waals surface area contributed by atoms with E-state index in [1.54, 1.807) is 42.5 Å². The molecule has 0 radical (unpaired) electrons. The van der Waals surface area contributed by atoms with Crippen LogP contribution in [0.15, 0.2) is 71.8 Å². The average molecular weight is 565 g/mol. The number of amides is 1. The van der Waals surface area contributed by atoms with E-state index < -0.39 is 11.9 Å². The van der Waals surface area contributed by atoms with Crippen LogP contribution >= 0.6 is 11.6 Å². The van der Waals surface area contributed by atoms with Gasteiger partial charge in [0.05, 0.1) is 23.4 Å². The third kappa shape index (κ3) is 9.12. The number of hydrogen-bond acceptors (Lipinski definition) is 6. The second kappa shape index (κ2) is 13.5. The number of carbonyl (C=O) groups excluding carboxylic acids is 2. The average Bonchev–Trinajstić information content (AvgIpc) is 2.88. The van der Waals surface area contributed by atoms with E-state index in [9.17, 15) is 9.59 Å². The van der Waals surface area contributed by atoms with Crippen molar-refractivity contribution in [3.05, 3.63) is 88.4 Å². The molecule has 0 aromatic heterocycles. The van der Waals surface area contributed by atoms with Crippen LogP contribution in [-0.4, -0.2) is 31.3 Å². The fourth-order valence-electron chi connectivity index (χ4n) is 4.53. The third-order valence-electron chi connectivity index (χ3n) is 5.94. The van der Waals surface area contributed by atoms with Crippen LogP contribution in [0.1, 0.15) is 69.4 Å². The standard InChI is InChI=1S/C32H37ClN2O5/c1-7-38-28-18-22(12-17-27(28)40-30(37)25-10-8-9-11-26(25)33)19-34-35-29(36)20-39-24-15-13-23(14-16-24)32(5,6)21-31(2,3)4/h8-19H,7,20-21H2,1-6H3,(H,35,36)/b34-19+. The van der Waals surface area contributed by atoms with Crippen LogP contribution in [0, 0.1) is 5.41 Å². The van der Waals surface area contributed by atoms with E-state index in [0.717, 1.165) is 6.42 Å². The van der Waals surface area contributed by atoms with E-state index in [1.165, 1.54) is 11.8 Å². The zero-order valence-electron chi connectivity index (χ0n) is 23.9. The number of hydrazone groups is 1. The van der Waals surface area contributed by atoms with Crippen molar-refractivity contribution >= 4 is 29.7 Å². The van der Waals surface area contributed by atoms with Crippen molar-refractivity contribution in [3.8, 4) is 17.2 Å². The largest absolute Gasteiger partial charge is 0.490 e. The molecule has 0 saturated carbocycles. The Kier molecular flexibility index (Phi) is 10.3. The predicted octanol–water partition coefficient (Wildman–Crippen LogP) is 7.20. The summed E-state index contributed by atoms with van der Waals surface area (Å²) in [6, 6.07) is 19.4.